The van der Waals surface area contributed by atoms with Crippen molar-refractivity contribution in [3.05, 3.63) is 65.0 Å². The van der Waals surface area contributed by atoms with Crippen molar-refractivity contribution in [2.75, 3.05) is 13.1 Å². The molecule has 2 aliphatic rings. The van der Waals surface area contributed by atoms with Gasteiger partial charge in [-0.3, -0.25) is 9.69 Å². The van der Waals surface area contributed by atoms with E-state index in [1.807, 2.05) is 36.4 Å². The molecule has 0 aliphatic carbocycles. The van der Waals surface area contributed by atoms with Gasteiger partial charge in [-0.2, -0.15) is 4.98 Å². The van der Waals surface area contributed by atoms with Gasteiger partial charge >= 0.3 is 0 Å². The third-order valence-corrected chi connectivity index (χ3v) is 6.75. The summed E-state index contributed by atoms with van der Waals surface area (Å²) in [5.74, 6) is 1.95. The summed E-state index contributed by atoms with van der Waals surface area (Å²) >= 11 is 5.96. The van der Waals surface area contributed by atoms with Crippen LogP contribution in [0.3, 0.4) is 0 Å². The third-order valence-electron chi connectivity index (χ3n) is 6.50. The summed E-state index contributed by atoms with van der Waals surface area (Å²) in [6, 6.07) is 15.3. The zero-order valence-electron chi connectivity index (χ0n) is 19.5. The predicted molar refractivity (Wildman–Crippen MR) is 129 cm³/mol. The maximum atomic E-state index is 13.3. The van der Waals surface area contributed by atoms with Gasteiger partial charge in [-0.25, -0.2) is 0 Å². The van der Waals surface area contributed by atoms with Crippen LogP contribution in [-0.4, -0.2) is 39.6 Å². The Hall–Kier alpha value is -2.90. The number of ether oxygens (including phenoxy) is 1. The van der Waals surface area contributed by atoms with E-state index in [1.165, 1.54) is 0 Å². The Morgan fingerprint density at radius 1 is 1.21 bits per heavy atom. The number of piperidine rings is 1. The highest BCUT2D eigenvalue weighted by Crippen LogP contribution is 2.39. The van der Waals surface area contributed by atoms with Crippen LogP contribution in [0.25, 0.3) is 11.4 Å². The molecule has 1 amide bonds. The number of para-hydroxylation sites is 1. The lowest BCUT2D eigenvalue weighted by atomic mass is 9.88. The first kappa shape index (κ1) is 22.9. The monoisotopic (exact) mass is 480 g/mol. The summed E-state index contributed by atoms with van der Waals surface area (Å²) in [6.45, 7) is 6.21. The number of fused-ring (bicyclic) bond motifs is 1. The summed E-state index contributed by atoms with van der Waals surface area (Å²) in [7, 11) is 0. The molecule has 2 aromatic carbocycles. The predicted octanol–water partition coefficient (Wildman–Crippen LogP) is 5.02. The van der Waals surface area contributed by atoms with Crippen LogP contribution in [0.1, 0.15) is 50.6 Å². The molecule has 1 N–H and O–H groups in total. The number of aromatic nitrogens is 2. The largest absolute Gasteiger partial charge is 0.487 e. The van der Waals surface area contributed by atoms with E-state index in [-0.39, 0.29) is 23.5 Å². The van der Waals surface area contributed by atoms with Gasteiger partial charge in [-0.05, 0) is 63.6 Å². The van der Waals surface area contributed by atoms with Crippen LogP contribution < -0.4 is 10.1 Å². The Balaban J connectivity index is 1.22. The average molecular weight is 481 g/mol. The highest BCUT2D eigenvalue weighted by Gasteiger charge is 2.36. The van der Waals surface area contributed by atoms with Gasteiger partial charge < -0.3 is 14.6 Å². The normalized spacial score (nSPS) is 22.0. The highest BCUT2D eigenvalue weighted by atomic mass is 35.5. The van der Waals surface area contributed by atoms with Crippen molar-refractivity contribution in [1.29, 1.82) is 0 Å². The fourth-order valence-corrected chi connectivity index (χ4v) is 4.99. The quantitative estimate of drug-likeness (QED) is 0.552. The standard InChI is InChI=1S/C26H29ClN4O3/c1-26(2)14-21(20-7-3-4-8-22(20)33-26)28-25(32)18-6-5-13-31(15-18)16-23-29-24(30-34-23)17-9-11-19(27)12-10-17/h3-4,7-12,18,21H,5-6,13-16H2,1-2H3,(H,28,32). The Morgan fingerprint density at radius 2 is 2.00 bits per heavy atom. The van der Waals surface area contributed by atoms with Gasteiger partial charge in [0.15, 0.2) is 0 Å². The molecule has 2 unspecified atom stereocenters. The van der Waals surface area contributed by atoms with E-state index >= 15 is 0 Å². The summed E-state index contributed by atoms with van der Waals surface area (Å²) in [5, 5.41) is 8.07. The van der Waals surface area contributed by atoms with Gasteiger partial charge in [0.2, 0.25) is 17.6 Å². The van der Waals surface area contributed by atoms with E-state index in [0.717, 1.165) is 42.7 Å². The van der Waals surface area contributed by atoms with Gasteiger partial charge in [0.25, 0.3) is 0 Å². The number of likely N-dealkylation sites (tertiary alicyclic amines) is 1. The number of rotatable bonds is 5. The van der Waals surface area contributed by atoms with Crippen molar-refractivity contribution in [2.24, 2.45) is 5.92 Å². The second-order valence-electron chi connectivity index (χ2n) is 9.76. The molecule has 8 heteroatoms. The van der Waals surface area contributed by atoms with Crippen molar-refractivity contribution < 1.29 is 14.1 Å². The lowest BCUT2D eigenvalue weighted by Gasteiger charge is -2.39. The molecule has 34 heavy (non-hydrogen) atoms. The lowest BCUT2D eigenvalue weighted by molar-refractivity contribution is -0.128. The number of halogens is 1. The molecule has 0 spiro atoms. The summed E-state index contributed by atoms with van der Waals surface area (Å²) in [4.78, 5) is 20.0. The van der Waals surface area contributed by atoms with Crippen molar-refractivity contribution in [3.63, 3.8) is 0 Å². The van der Waals surface area contributed by atoms with Gasteiger partial charge in [-0.1, -0.05) is 35.0 Å². The minimum Gasteiger partial charge on any atom is -0.487 e. The number of amides is 1. The SMILES string of the molecule is CC1(C)CC(NC(=O)C2CCCN(Cc3nc(-c4ccc(Cl)cc4)no3)C2)c2ccccc2O1. The van der Waals surface area contributed by atoms with Crippen molar-refractivity contribution in [1.82, 2.24) is 20.4 Å². The van der Waals surface area contributed by atoms with E-state index in [9.17, 15) is 4.79 Å². The Labute approximate surface area is 204 Å². The summed E-state index contributed by atoms with van der Waals surface area (Å²) in [6.07, 6.45) is 2.56. The van der Waals surface area contributed by atoms with E-state index in [2.05, 4.69) is 34.2 Å². The number of hydrogen-bond donors (Lipinski definition) is 1. The molecule has 1 saturated heterocycles. The summed E-state index contributed by atoms with van der Waals surface area (Å²) < 4.78 is 11.6. The Kier molecular flexibility index (Phi) is 6.32. The first-order valence-corrected chi connectivity index (χ1v) is 12.1. The average Bonchev–Trinajstić information content (AvgIpc) is 3.27. The lowest BCUT2D eigenvalue weighted by Crippen LogP contribution is -2.46. The minimum atomic E-state index is -0.329. The van der Waals surface area contributed by atoms with E-state index < -0.39 is 0 Å². The number of carbonyl (C=O) groups is 1. The molecule has 7 nitrogen and oxygen atoms in total. The molecule has 3 aromatic rings. The van der Waals surface area contributed by atoms with Crippen LogP contribution in [-0.2, 0) is 11.3 Å². The molecular weight excluding hydrogens is 452 g/mol. The molecule has 3 heterocycles. The van der Waals surface area contributed by atoms with E-state index in [1.54, 1.807) is 12.1 Å². The second-order valence-corrected chi connectivity index (χ2v) is 10.2. The zero-order chi connectivity index (χ0) is 23.7. The molecule has 2 atom stereocenters. The van der Waals surface area contributed by atoms with Crippen molar-refractivity contribution >= 4 is 17.5 Å². The molecule has 0 bridgehead atoms. The molecule has 178 valence electrons. The van der Waals surface area contributed by atoms with Gasteiger partial charge in [0, 0.05) is 29.1 Å². The maximum Gasteiger partial charge on any atom is 0.241 e. The Morgan fingerprint density at radius 3 is 2.82 bits per heavy atom. The smallest absolute Gasteiger partial charge is 0.241 e. The van der Waals surface area contributed by atoms with Crippen LogP contribution in [0.4, 0.5) is 0 Å². The van der Waals surface area contributed by atoms with Crippen LogP contribution in [0.15, 0.2) is 53.1 Å². The number of hydrogen-bond acceptors (Lipinski definition) is 6. The molecule has 0 saturated carbocycles. The molecule has 1 fully saturated rings. The third kappa shape index (κ3) is 5.10. The fraction of sp³-hybridized carbons (Fsp3) is 0.423. The van der Waals surface area contributed by atoms with Crippen LogP contribution in [0.5, 0.6) is 5.75 Å². The van der Waals surface area contributed by atoms with E-state index in [0.29, 0.717) is 29.8 Å². The second kappa shape index (κ2) is 9.39. The molecule has 1 aromatic heterocycles. The number of nitrogens with zero attached hydrogens (tertiary/aromatic N) is 3. The van der Waals surface area contributed by atoms with Crippen molar-refractivity contribution in [2.45, 2.75) is 51.3 Å². The molecule has 5 rings (SSSR count). The van der Waals surface area contributed by atoms with Crippen molar-refractivity contribution in [3.8, 4) is 17.1 Å². The van der Waals surface area contributed by atoms with Gasteiger partial charge in [0.1, 0.15) is 11.4 Å². The maximum absolute atomic E-state index is 13.3. The number of nitrogens with one attached hydrogen (secondary N) is 1. The Bertz CT molecular complexity index is 1160. The number of benzene rings is 2. The topological polar surface area (TPSA) is 80.5 Å². The van der Waals surface area contributed by atoms with Crippen LogP contribution >= 0.6 is 11.6 Å². The highest BCUT2D eigenvalue weighted by molar-refractivity contribution is 6.30. The molecule has 2 aliphatic heterocycles. The fourth-order valence-electron chi connectivity index (χ4n) is 4.86. The van der Waals surface area contributed by atoms with Crippen LogP contribution in [0, 0.1) is 5.92 Å². The zero-order valence-corrected chi connectivity index (χ0v) is 20.2. The van der Waals surface area contributed by atoms with Gasteiger partial charge in [-0.15, -0.1) is 0 Å². The minimum absolute atomic E-state index is 0.0549. The molecular formula is C26H29ClN4O3. The molecule has 0 radical (unpaired) electrons. The first-order chi connectivity index (χ1) is 16.4. The summed E-state index contributed by atoms with van der Waals surface area (Å²) in [5.41, 5.74) is 1.57. The van der Waals surface area contributed by atoms with E-state index in [4.69, 9.17) is 20.9 Å². The number of carbonyl (C=O) groups excluding carboxylic acids is 1. The van der Waals surface area contributed by atoms with Gasteiger partial charge in [0.05, 0.1) is 18.5 Å². The van der Waals surface area contributed by atoms with Crippen LogP contribution in [0.2, 0.25) is 5.02 Å². The first-order valence-electron chi connectivity index (χ1n) is 11.8.